The number of nitrogens with zero attached hydrogens (tertiary/aromatic N) is 2. The van der Waals surface area contributed by atoms with E-state index in [-0.39, 0.29) is 0 Å². The summed E-state index contributed by atoms with van der Waals surface area (Å²) >= 11 is 0. The van der Waals surface area contributed by atoms with Gasteiger partial charge in [0.25, 0.3) is 0 Å². The molecule has 0 aliphatic rings. The summed E-state index contributed by atoms with van der Waals surface area (Å²) in [6.07, 6.45) is 0.446. The molecule has 2 aromatic rings. The molecule has 0 saturated heterocycles. The molecule has 0 aliphatic carbocycles. The van der Waals surface area contributed by atoms with Crippen LogP contribution >= 0.6 is 0 Å². The third-order valence-corrected chi connectivity index (χ3v) is 3.21. The summed E-state index contributed by atoms with van der Waals surface area (Å²) in [6.45, 7) is 8.43. The Morgan fingerprint density at radius 2 is 1.94 bits per heavy atom. The summed E-state index contributed by atoms with van der Waals surface area (Å²) in [5, 5.41) is 10.1. The summed E-state index contributed by atoms with van der Waals surface area (Å²) in [5.41, 5.74) is 5.61. The van der Waals surface area contributed by atoms with Crippen molar-refractivity contribution < 1.29 is 0 Å². The number of aromatic nitrogens is 1. The van der Waals surface area contributed by atoms with Crippen molar-refractivity contribution in [2.24, 2.45) is 0 Å². The molecule has 0 atom stereocenters. The Hall–Kier alpha value is -1.88. The summed E-state index contributed by atoms with van der Waals surface area (Å²) in [7, 11) is 0. The molecule has 0 amide bonds. The van der Waals surface area contributed by atoms with Gasteiger partial charge in [-0.05, 0) is 43.0 Å². The van der Waals surface area contributed by atoms with Crippen LogP contribution in [-0.4, -0.2) is 4.98 Å². The highest BCUT2D eigenvalue weighted by atomic mass is 14.7. The van der Waals surface area contributed by atoms with Gasteiger partial charge >= 0.3 is 0 Å². The zero-order valence-electron chi connectivity index (χ0n) is 11.4. The molecule has 0 fully saturated rings. The zero-order chi connectivity index (χ0) is 13.3. The number of aryl methyl sites for hydroxylation is 2. The lowest BCUT2D eigenvalue weighted by molar-refractivity contribution is 0.827. The van der Waals surface area contributed by atoms with Crippen LogP contribution in [0.25, 0.3) is 10.9 Å². The maximum absolute atomic E-state index is 8.98. The number of benzene rings is 1. The van der Waals surface area contributed by atoms with E-state index in [1.807, 2.05) is 0 Å². The van der Waals surface area contributed by atoms with Crippen LogP contribution in [0.1, 0.15) is 42.1 Å². The first-order valence-electron chi connectivity index (χ1n) is 6.30. The van der Waals surface area contributed by atoms with E-state index in [9.17, 15) is 0 Å². The third kappa shape index (κ3) is 2.22. The van der Waals surface area contributed by atoms with Gasteiger partial charge in [0.05, 0.1) is 18.0 Å². The smallest absolute Gasteiger partial charge is 0.0737 e. The summed E-state index contributed by atoms with van der Waals surface area (Å²) in [6, 6.07) is 8.61. The topological polar surface area (TPSA) is 36.7 Å². The average molecular weight is 238 g/mol. The number of rotatable bonds is 2. The maximum Gasteiger partial charge on any atom is 0.0737 e. The lowest BCUT2D eigenvalue weighted by Crippen LogP contribution is -1.99. The highest BCUT2D eigenvalue weighted by molar-refractivity contribution is 5.86. The number of hydrogen-bond donors (Lipinski definition) is 0. The van der Waals surface area contributed by atoms with Crippen molar-refractivity contribution in [1.29, 1.82) is 5.26 Å². The second-order valence-corrected chi connectivity index (χ2v) is 5.17. The van der Waals surface area contributed by atoms with Crippen molar-refractivity contribution in [1.82, 2.24) is 4.98 Å². The first kappa shape index (κ1) is 12.6. The fourth-order valence-electron chi connectivity index (χ4n) is 2.30. The molecule has 2 heteroatoms. The van der Waals surface area contributed by atoms with E-state index in [1.54, 1.807) is 0 Å². The quantitative estimate of drug-likeness (QED) is 0.791. The van der Waals surface area contributed by atoms with Gasteiger partial charge in [-0.15, -0.1) is 0 Å². The number of hydrogen-bond acceptors (Lipinski definition) is 2. The first-order chi connectivity index (χ1) is 8.52. The Balaban J connectivity index is 2.81. The molecular formula is C16H18N2. The van der Waals surface area contributed by atoms with Crippen molar-refractivity contribution >= 4 is 10.9 Å². The molecule has 0 aliphatic heterocycles. The van der Waals surface area contributed by atoms with Crippen molar-refractivity contribution in [2.45, 2.75) is 40.0 Å². The summed E-state index contributed by atoms with van der Waals surface area (Å²) in [5.74, 6) is 0.382. The minimum Gasteiger partial charge on any atom is -0.252 e. The Bertz CT molecular complexity index is 634. The molecule has 1 aromatic carbocycles. The average Bonchev–Trinajstić information content (AvgIpc) is 2.29. The largest absolute Gasteiger partial charge is 0.252 e. The normalized spacial score (nSPS) is 10.9. The van der Waals surface area contributed by atoms with Gasteiger partial charge < -0.3 is 0 Å². The highest BCUT2D eigenvalue weighted by Crippen LogP contribution is 2.26. The molecule has 2 rings (SSSR count). The number of fused-ring (bicyclic) bond motifs is 1. The van der Waals surface area contributed by atoms with Crippen LogP contribution in [-0.2, 0) is 6.42 Å². The van der Waals surface area contributed by atoms with E-state index in [0.29, 0.717) is 12.3 Å². The van der Waals surface area contributed by atoms with Crippen LogP contribution in [0.3, 0.4) is 0 Å². The molecule has 1 aromatic heterocycles. The van der Waals surface area contributed by atoms with E-state index in [2.05, 4.69) is 52.0 Å². The first-order valence-corrected chi connectivity index (χ1v) is 6.30. The molecule has 0 unspecified atom stereocenters. The van der Waals surface area contributed by atoms with Crippen LogP contribution in [0.15, 0.2) is 18.2 Å². The van der Waals surface area contributed by atoms with E-state index in [1.165, 1.54) is 11.1 Å². The maximum atomic E-state index is 8.98. The predicted molar refractivity (Wildman–Crippen MR) is 74.6 cm³/mol. The van der Waals surface area contributed by atoms with Gasteiger partial charge in [-0.1, -0.05) is 25.5 Å². The molecule has 0 radical (unpaired) electrons. The van der Waals surface area contributed by atoms with E-state index < -0.39 is 0 Å². The second-order valence-electron chi connectivity index (χ2n) is 5.17. The molecule has 92 valence electrons. The van der Waals surface area contributed by atoms with Crippen molar-refractivity contribution in [2.75, 3.05) is 0 Å². The molecular weight excluding hydrogens is 220 g/mol. The predicted octanol–water partition coefficient (Wildman–Crippen LogP) is 4.04. The molecule has 0 N–H and O–H groups in total. The van der Waals surface area contributed by atoms with Crippen molar-refractivity contribution in [3.05, 3.63) is 40.6 Å². The molecule has 0 bridgehead atoms. The molecule has 18 heavy (non-hydrogen) atoms. The molecule has 2 nitrogen and oxygen atoms in total. The SMILES string of the molecule is Cc1cc(C)c2nc(C(C)C)cc(CC#N)c2c1. The van der Waals surface area contributed by atoms with E-state index in [4.69, 9.17) is 10.2 Å². The van der Waals surface area contributed by atoms with Gasteiger partial charge in [0.15, 0.2) is 0 Å². The Kier molecular flexibility index (Phi) is 3.34. The monoisotopic (exact) mass is 238 g/mol. The Morgan fingerprint density at radius 1 is 1.22 bits per heavy atom. The van der Waals surface area contributed by atoms with Gasteiger partial charge in [0, 0.05) is 11.1 Å². The fourth-order valence-corrected chi connectivity index (χ4v) is 2.30. The lowest BCUT2D eigenvalue weighted by Gasteiger charge is -2.12. The molecule has 1 heterocycles. The van der Waals surface area contributed by atoms with Gasteiger partial charge in [0.2, 0.25) is 0 Å². The van der Waals surface area contributed by atoms with Crippen LogP contribution in [0.4, 0.5) is 0 Å². The second kappa shape index (κ2) is 4.78. The van der Waals surface area contributed by atoms with Gasteiger partial charge in [-0.2, -0.15) is 5.26 Å². The highest BCUT2D eigenvalue weighted by Gasteiger charge is 2.10. The number of pyridine rings is 1. The Morgan fingerprint density at radius 3 is 2.56 bits per heavy atom. The molecule has 0 saturated carbocycles. The molecule has 0 spiro atoms. The van der Waals surface area contributed by atoms with Crippen LogP contribution in [0.2, 0.25) is 0 Å². The zero-order valence-corrected chi connectivity index (χ0v) is 11.4. The van der Waals surface area contributed by atoms with Crippen molar-refractivity contribution in [3.63, 3.8) is 0 Å². The van der Waals surface area contributed by atoms with Gasteiger partial charge in [-0.3, -0.25) is 4.98 Å². The van der Waals surface area contributed by atoms with Crippen LogP contribution < -0.4 is 0 Å². The number of nitriles is 1. The van der Waals surface area contributed by atoms with Gasteiger partial charge in [0.1, 0.15) is 0 Å². The summed E-state index contributed by atoms with van der Waals surface area (Å²) in [4.78, 5) is 4.75. The van der Waals surface area contributed by atoms with Gasteiger partial charge in [-0.25, -0.2) is 0 Å². The van der Waals surface area contributed by atoms with E-state index >= 15 is 0 Å². The van der Waals surface area contributed by atoms with Crippen LogP contribution in [0.5, 0.6) is 0 Å². The van der Waals surface area contributed by atoms with E-state index in [0.717, 1.165) is 22.2 Å². The minimum atomic E-state index is 0.382. The summed E-state index contributed by atoms with van der Waals surface area (Å²) < 4.78 is 0. The fraction of sp³-hybridized carbons (Fsp3) is 0.375. The van der Waals surface area contributed by atoms with Crippen LogP contribution in [0, 0.1) is 25.2 Å². The Labute approximate surface area is 108 Å². The minimum absolute atomic E-state index is 0.382. The standard InChI is InChI=1S/C16H18N2/c1-10(2)15-9-13(5-6-17)14-8-11(3)7-12(4)16(14)18-15/h7-10H,5H2,1-4H3. The van der Waals surface area contributed by atoms with Crippen molar-refractivity contribution in [3.8, 4) is 6.07 Å². The third-order valence-electron chi connectivity index (χ3n) is 3.21. The lowest BCUT2D eigenvalue weighted by atomic mass is 9.98.